The molecule has 25 heavy (non-hydrogen) atoms. The van der Waals surface area contributed by atoms with E-state index in [1.807, 2.05) is 55.5 Å². The molecule has 1 amide bonds. The Kier molecular flexibility index (Phi) is 4.87. The summed E-state index contributed by atoms with van der Waals surface area (Å²) in [6.07, 6.45) is 1.71. The highest BCUT2D eigenvalue weighted by molar-refractivity contribution is 5.95. The summed E-state index contributed by atoms with van der Waals surface area (Å²) < 4.78 is 0. The minimum absolute atomic E-state index is 0.202. The predicted molar refractivity (Wildman–Crippen MR) is 95.9 cm³/mol. The van der Waals surface area contributed by atoms with Crippen molar-refractivity contribution in [1.29, 1.82) is 5.26 Å². The minimum Gasteiger partial charge on any atom is -0.340 e. The smallest absolute Gasteiger partial charge is 0.252 e. The third kappa shape index (κ3) is 3.73. The van der Waals surface area contributed by atoms with E-state index in [9.17, 15) is 4.79 Å². The van der Waals surface area contributed by atoms with Gasteiger partial charge in [0.25, 0.3) is 5.91 Å². The maximum atomic E-state index is 12.7. The van der Waals surface area contributed by atoms with Crippen LogP contribution < -0.4 is 5.32 Å². The van der Waals surface area contributed by atoms with E-state index < -0.39 is 0 Å². The number of carbonyl (C=O) groups excluding carboxylic acids is 1. The van der Waals surface area contributed by atoms with Gasteiger partial charge >= 0.3 is 0 Å². The quantitative estimate of drug-likeness (QED) is 0.793. The molecule has 1 unspecified atom stereocenters. The number of benzene rings is 2. The zero-order valence-corrected chi connectivity index (χ0v) is 13.8. The highest BCUT2D eigenvalue weighted by Crippen LogP contribution is 2.21. The molecule has 0 aliphatic heterocycles. The first-order valence-electron chi connectivity index (χ1n) is 7.96. The maximum absolute atomic E-state index is 12.7. The van der Waals surface area contributed by atoms with Crippen LogP contribution >= 0.6 is 0 Å². The van der Waals surface area contributed by atoms with Crippen LogP contribution in [0.1, 0.15) is 38.8 Å². The Labute approximate surface area is 146 Å². The average molecular weight is 327 g/mol. The lowest BCUT2D eigenvalue weighted by molar-refractivity contribution is 0.0942. The normalized spacial score (nSPS) is 11.4. The molecule has 1 N–H and O–H groups in total. The molecule has 0 fully saturated rings. The number of pyridine rings is 1. The summed E-state index contributed by atoms with van der Waals surface area (Å²) in [4.78, 5) is 17.1. The Balaban J connectivity index is 1.92. The average Bonchev–Trinajstić information content (AvgIpc) is 2.67. The Bertz CT molecular complexity index is 875. The Morgan fingerprint density at radius 1 is 1.08 bits per heavy atom. The molecule has 0 aliphatic carbocycles. The molecule has 3 rings (SSSR count). The van der Waals surface area contributed by atoms with Gasteiger partial charge in [-0.1, -0.05) is 36.4 Å². The van der Waals surface area contributed by atoms with Crippen molar-refractivity contribution in [2.45, 2.75) is 13.0 Å². The second kappa shape index (κ2) is 7.41. The standard InChI is InChI=1S/C21H17N3O/c1-15-13-17(10-11-18(15)14-22)21(25)24-20(16-7-3-2-4-8-16)19-9-5-6-12-23-19/h2-13,20H,1H3,(H,24,25). The second-order valence-corrected chi connectivity index (χ2v) is 5.71. The molecule has 1 aromatic heterocycles. The SMILES string of the molecule is Cc1cc(C(=O)NC(c2ccccc2)c2ccccn2)ccc1C#N. The first kappa shape index (κ1) is 16.4. The molecule has 4 heteroatoms. The van der Waals surface area contributed by atoms with Gasteiger partial charge in [-0.3, -0.25) is 9.78 Å². The summed E-state index contributed by atoms with van der Waals surface area (Å²) in [5.41, 5.74) is 3.60. The molecule has 0 saturated heterocycles. The number of hydrogen-bond donors (Lipinski definition) is 1. The lowest BCUT2D eigenvalue weighted by Gasteiger charge is -2.19. The van der Waals surface area contributed by atoms with Crippen LogP contribution in [0, 0.1) is 18.3 Å². The van der Waals surface area contributed by atoms with E-state index in [1.165, 1.54) is 0 Å². The molecule has 0 radical (unpaired) electrons. The lowest BCUT2D eigenvalue weighted by Crippen LogP contribution is -2.30. The number of amides is 1. The first-order valence-corrected chi connectivity index (χ1v) is 7.96. The highest BCUT2D eigenvalue weighted by Gasteiger charge is 2.19. The third-order valence-electron chi connectivity index (χ3n) is 4.00. The van der Waals surface area contributed by atoms with Crippen molar-refractivity contribution in [3.8, 4) is 6.07 Å². The molecular weight excluding hydrogens is 310 g/mol. The monoisotopic (exact) mass is 327 g/mol. The lowest BCUT2D eigenvalue weighted by atomic mass is 10.0. The van der Waals surface area contributed by atoms with Gasteiger partial charge in [0.2, 0.25) is 0 Å². The molecule has 0 aliphatic rings. The van der Waals surface area contributed by atoms with Crippen LogP contribution in [0.5, 0.6) is 0 Å². The highest BCUT2D eigenvalue weighted by atomic mass is 16.1. The third-order valence-corrected chi connectivity index (χ3v) is 4.00. The Morgan fingerprint density at radius 3 is 2.48 bits per heavy atom. The van der Waals surface area contributed by atoms with Crippen LogP contribution in [-0.4, -0.2) is 10.9 Å². The van der Waals surface area contributed by atoms with Gasteiger partial charge in [-0.05, 0) is 48.4 Å². The topological polar surface area (TPSA) is 65.8 Å². The van der Waals surface area contributed by atoms with E-state index >= 15 is 0 Å². The molecule has 0 bridgehead atoms. The minimum atomic E-state index is -0.342. The predicted octanol–water partition coefficient (Wildman–Crippen LogP) is 3.78. The molecule has 2 aromatic carbocycles. The maximum Gasteiger partial charge on any atom is 0.252 e. The van der Waals surface area contributed by atoms with Crippen molar-refractivity contribution < 1.29 is 4.79 Å². The van der Waals surface area contributed by atoms with Gasteiger partial charge in [-0.15, -0.1) is 0 Å². The zero-order chi connectivity index (χ0) is 17.6. The number of aromatic nitrogens is 1. The van der Waals surface area contributed by atoms with Crippen LogP contribution in [0.25, 0.3) is 0 Å². The van der Waals surface area contributed by atoms with Crippen molar-refractivity contribution in [2.75, 3.05) is 0 Å². The van der Waals surface area contributed by atoms with Gasteiger partial charge in [-0.2, -0.15) is 5.26 Å². The summed E-state index contributed by atoms with van der Waals surface area (Å²) in [7, 11) is 0. The number of carbonyl (C=O) groups is 1. The fourth-order valence-corrected chi connectivity index (χ4v) is 2.67. The van der Waals surface area contributed by atoms with Gasteiger partial charge in [-0.25, -0.2) is 0 Å². The second-order valence-electron chi connectivity index (χ2n) is 5.71. The van der Waals surface area contributed by atoms with Gasteiger partial charge in [0.15, 0.2) is 0 Å². The van der Waals surface area contributed by atoms with E-state index in [4.69, 9.17) is 5.26 Å². The zero-order valence-electron chi connectivity index (χ0n) is 13.8. The number of nitrogens with one attached hydrogen (secondary N) is 1. The van der Waals surface area contributed by atoms with Crippen molar-refractivity contribution in [3.63, 3.8) is 0 Å². The first-order chi connectivity index (χ1) is 12.2. The fourth-order valence-electron chi connectivity index (χ4n) is 2.67. The van der Waals surface area contributed by atoms with E-state index in [0.29, 0.717) is 11.1 Å². The Hall–Kier alpha value is -3.45. The number of aryl methyl sites for hydroxylation is 1. The van der Waals surface area contributed by atoms with E-state index in [0.717, 1.165) is 16.8 Å². The summed E-state index contributed by atoms with van der Waals surface area (Å²) in [5.74, 6) is -0.202. The molecule has 1 atom stereocenters. The van der Waals surface area contributed by atoms with Crippen molar-refractivity contribution >= 4 is 5.91 Å². The van der Waals surface area contributed by atoms with Crippen LogP contribution in [0.4, 0.5) is 0 Å². The molecule has 122 valence electrons. The van der Waals surface area contributed by atoms with Crippen LogP contribution in [0.2, 0.25) is 0 Å². The summed E-state index contributed by atoms with van der Waals surface area (Å²) in [6.45, 7) is 1.82. The van der Waals surface area contributed by atoms with Crippen LogP contribution in [0.3, 0.4) is 0 Å². The van der Waals surface area contributed by atoms with E-state index in [1.54, 1.807) is 24.4 Å². The van der Waals surface area contributed by atoms with E-state index in [-0.39, 0.29) is 11.9 Å². The van der Waals surface area contributed by atoms with Crippen molar-refractivity contribution in [2.24, 2.45) is 0 Å². The van der Waals surface area contributed by atoms with Gasteiger partial charge in [0.05, 0.1) is 23.4 Å². The number of hydrogen-bond acceptors (Lipinski definition) is 3. The van der Waals surface area contributed by atoms with Crippen LogP contribution in [-0.2, 0) is 0 Å². The van der Waals surface area contributed by atoms with Gasteiger partial charge in [0, 0.05) is 11.8 Å². The van der Waals surface area contributed by atoms with Gasteiger partial charge < -0.3 is 5.32 Å². The van der Waals surface area contributed by atoms with Crippen LogP contribution in [0.15, 0.2) is 72.9 Å². The Morgan fingerprint density at radius 2 is 1.84 bits per heavy atom. The molecule has 0 spiro atoms. The van der Waals surface area contributed by atoms with E-state index in [2.05, 4.69) is 16.4 Å². The number of nitrogens with zero attached hydrogens (tertiary/aromatic N) is 2. The molecule has 4 nitrogen and oxygen atoms in total. The number of rotatable bonds is 4. The summed E-state index contributed by atoms with van der Waals surface area (Å²) in [6, 6.07) is 22.2. The summed E-state index contributed by atoms with van der Waals surface area (Å²) in [5, 5.41) is 12.1. The largest absolute Gasteiger partial charge is 0.340 e. The van der Waals surface area contributed by atoms with Crippen molar-refractivity contribution in [3.05, 3.63) is 101 Å². The fraction of sp³-hybridized carbons (Fsp3) is 0.0952. The van der Waals surface area contributed by atoms with Gasteiger partial charge in [0.1, 0.15) is 0 Å². The molecule has 1 heterocycles. The molecular formula is C21H17N3O. The molecule has 0 saturated carbocycles. The van der Waals surface area contributed by atoms with Crippen molar-refractivity contribution in [1.82, 2.24) is 10.3 Å². The molecule has 3 aromatic rings. The number of nitriles is 1. The summed E-state index contributed by atoms with van der Waals surface area (Å²) >= 11 is 0.